The number of nitrogen functional groups attached to an aromatic ring is 1. The van der Waals surface area contributed by atoms with Gasteiger partial charge in [0.15, 0.2) is 5.96 Å². The molecule has 146 valence electrons. The number of nitrogens with two attached hydrogens (primary N) is 1. The zero-order valence-electron chi connectivity index (χ0n) is 15.6. The number of para-hydroxylation sites is 1. The Morgan fingerprint density at radius 3 is 2.63 bits per heavy atom. The molecule has 0 unspecified atom stereocenters. The van der Waals surface area contributed by atoms with E-state index in [2.05, 4.69) is 26.8 Å². The van der Waals surface area contributed by atoms with Gasteiger partial charge in [0.05, 0.1) is 18.0 Å². The molecular formula is C18H26IN7O. The number of nitriles is 1. The van der Waals surface area contributed by atoms with Crippen LogP contribution in [0, 0.1) is 11.3 Å². The van der Waals surface area contributed by atoms with E-state index in [0.29, 0.717) is 43.2 Å². The minimum atomic E-state index is 0. The topological polar surface area (TPSA) is 113 Å². The maximum absolute atomic E-state index is 9.42. The van der Waals surface area contributed by atoms with Gasteiger partial charge in [-0.05, 0) is 25.0 Å². The summed E-state index contributed by atoms with van der Waals surface area (Å²) in [6.45, 7) is 2.00. The Balaban J connectivity index is 0.00000364. The molecule has 0 amide bonds. The number of hydrogen-bond acceptors (Lipinski definition) is 5. The van der Waals surface area contributed by atoms with Crippen LogP contribution in [0.2, 0.25) is 0 Å². The Labute approximate surface area is 176 Å². The number of benzene rings is 1. The highest BCUT2D eigenvalue weighted by Crippen LogP contribution is 2.21. The van der Waals surface area contributed by atoms with Crippen molar-refractivity contribution in [2.75, 3.05) is 39.6 Å². The summed E-state index contributed by atoms with van der Waals surface area (Å²) in [6, 6.07) is 11.7. The van der Waals surface area contributed by atoms with Gasteiger partial charge in [-0.2, -0.15) is 10.4 Å². The molecule has 4 N–H and O–H groups in total. The van der Waals surface area contributed by atoms with Crippen LogP contribution in [0.4, 0.5) is 5.82 Å². The van der Waals surface area contributed by atoms with Gasteiger partial charge in [-0.1, -0.05) is 18.2 Å². The van der Waals surface area contributed by atoms with Crippen LogP contribution >= 0.6 is 24.0 Å². The zero-order valence-corrected chi connectivity index (χ0v) is 17.9. The Morgan fingerprint density at radius 2 is 2.00 bits per heavy atom. The number of rotatable bonds is 8. The zero-order chi connectivity index (χ0) is 18.8. The Kier molecular flexibility index (Phi) is 10.2. The molecule has 0 saturated heterocycles. The monoisotopic (exact) mass is 483 g/mol. The van der Waals surface area contributed by atoms with Crippen molar-refractivity contribution in [3.8, 4) is 11.8 Å². The van der Waals surface area contributed by atoms with Crippen molar-refractivity contribution in [2.24, 2.45) is 4.99 Å². The summed E-state index contributed by atoms with van der Waals surface area (Å²) in [6.07, 6.45) is 1.44. The fourth-order valence-electron chi connectivity index (χ4n) is 2.50. The molecule has 9 heteroatoms. The largest absolute Gasteiger partial charge is 0.383 e. The number of guanidine groups is 1. The lowest BCUT2D eigenvalue weighted by atomic mass is 10.1. The Hall–Kier alpha value is -2.32. The standard InChI is InChI=1S/C18H25N7O.HI/c1-21-18(23-11-12-26-2)22-10-6-9-16-15(13-19)17(20)25(24-16)14-7-4-3-5-8-14;/h3-5,7-8H,6,9-12,20H2,1-2H3,(H2,21,22,23);1H. The Morgan fingerprint density at radius 1 is 1.30 bits per heavy atom. The highest BCUT2D eigenvalue weighted by Gasteiger charge is 2.16. The van der Waals surface area contributed by atoms with Crippen molar-refractivity contribution in [1.29, 1.82) is 5.26 Å². The average Bonchev–Trinajstić information content (AvgIpc) is 2.99. The minimum absolute atomic E-state index is 0. The van der Waals surface area contributed by atoms with Gasteiger partial charge in [0.1, 0.15) is 17.5 Å². The van der Waals surface area contributed by atoms with E-state index >= 15 is 0 Å². The second kappa shape index (κ2) is 12.1. The number of aryl methyl sites for hydroxylation is 1. The molecule has 27 heavy (non-hydrogen) atoms. The third kappa shape index (κ3) is 6.41. The molecule has 0 radical (unpaired) electrons. The lowest BCUT2D eigenvalue weighted by Gasteiger charge is -2.11. The average molecular weight is 483 g/mol. The maximum atomic E-state index is 9.42. The van der Waals surface area contributed by atoms with Crippen LogP contribution in [0.15, 0.2) is 35.3 Å². The predicted molar refractivity (Wildman–Crippen MR) is 118 cm³/mol. The van der Waals surface area contributed by atoms with Crippen molar-refractivity contribution >= 4 is 35.8 Å². The summed E-state index contributed by atoms with van der Waals surface area (Å²) in [5, 5.41) is 20.3. The van der Waals surface area contributed by atoms with E-state index in [4.69, 9.17) is 10.5 Å². The first-order chi connectivity index (χ1) is 12.7. The quantitative estimate of drug-likeness (QED) is 0.228. The van der Waals surface area contributed by atoms with Gasteiger partial charge in [0.25, 0.3) is 0 Å². The SMILES string of the molecule is CN=C(NCCCc1nn(-c2ccccc2)c(N)c1C#N)NCCOC.I. The number of aromatic nitrogens is 2. The van der Waals surface area contributed by atoms with E-state index < -0.39 is 0 Å². The van der Waals surface area contributed by atoms with Gasteiger partial charge in [0, 0.05) is 27.2 Å². The summed E-state index contributed by atoms with van der Waals surface area (Å²) < 4.78 is 6.62. The minimum Gasteiger partial charge on any atom is -0.383 e. The highest BCUT2D eigenvalue weighted by atomic mass is 127. The fraction of sp³-hybridized carbons (Fsp3) is 0.389. The van der Waals surface area contributed by atoms with Crippen molar-refractivity contribution in [1.82, 2.24) is 20.4 Å². The van der Waals surface area contributed by atoms with E-state index in [9.17, 15) is 5.26 Å². The van der Waals surface area contributed by atoms with Crippen LogP contribution in [0.5, 0.6) is 0 Å². The predicted octanol–water partition coefficient (Wildman–Crippen LogP) is 1.69. The van der Waals surface area contributed by atoms with Gasteiger partial charge >= 0.3 is 0 Å². The van der Waals surface area contributed by atoms with Crippen molar-refractivity contribution < 1.29 is 4.74 Å². The van der Waals surface area contributed by atoms with E-state index in [1.807, 2.05) is 30.3 Å². The van der Waals surface area contributed by atoms with E-state index in [-0.39, 0.29) is 24.0 Å². The van der Waals surface area contributed by atoms with Gasteiger partial charge in [-0.25, -0.2) is 4.68 Å². The first-order valence-electron chi connectivity index (χ1n) is 8.47. The molecule has 0 atom stereocenters. The molecular weight excluding hydrogens is 457 g/mol. The number of methoxy groups -OCH3 is 1. The van der Waals surface area contributed by atoms with Crippen LogP contribution in [0.3, 0.4) is 0 Å². The lowest BCUT2D eigenvalue weighted by molar-refractivity contribution is 0.203. The van der Waals surface area contributed by atoms with Gasteiger partial charge in [-0.15, -0.1) is 24.0 Å². The van der Waals surface area contributed by atoms with Gasteiger partial charge in [-0.3, -0.25) is 4.99 Å². The number of ether oxygens (including phenoxy) is 1. The van der Waals surface area contributed by atoms with E-state index in [1.165, 1.54) is 0 Å². The normalized spacial score (nSPS) is 10.8. The molecule has 0 aliphatic heterocycles. The second-order valence-electron chi connectivity index (χ2n) is 5.59. The van der Waals surface area contributed by atoms with Crippen LogP contribution in [0.25, 0.3) is 5.69 Å². The number of nitrogens with one attached hydrogen (secondary N) is 2. The van der Waals surface area contributed by atoms with Gasteiger partial charge < -0.3 is 21.1 Å². The molecule has 1 aromatic heterocycles. The molecule has 8 nitrogen and oxygen atoms in total. The maximum Gasteiger partial charge on any atom is 0.191 e. The number of nitrogens with zero attached hydrogens (tertiary/aromatic N) is 4. The second-order valence-corrected chi connectivity index (χ2v) is 5.59. The van der Waals surface area contributed by atoms with Crippen LogP contribution < -0.4 is 16.4 Å². The number of halogens is 1. The molecule has 0 fully saturated rings. The lowest BCUT2D eigenvalue weighted by Crippen LogP contribution is -2.39. The molecule has 0 spiro atoms. The van der Waals surface area contributed by atoms with E-state index in [1.54, 1.807) is 18.8 Å². The summed E-state index contributed by atoms with van der Waals surface area (Å²) in [7, 11) is 3.38. The molecule has 2 aromatic rings. The van der Waals surface area contributed by atoms with Crippen LogP contribution in [0.1, 0.15) is 17.7 Å². The van der Waals surface area contributed by atoms with E-state index in [0.717, 1.165) is 18.1 Å². The molecule has 0 bridgehead atoms. The molecule has 0 saturated carbocycles. The summed E-state index contributed by atoms with van der Waals surface area (Å²) in [5.74, 6) is 1.09. The first kappa shape index (κ1) is 22.7. The van der Waals surface area contributed by atoms with Crippen molar-refractivity contribution in [2.45, 2.75) is 12.8 Å². The third-order valence-corrected chi connectivity index (χ3v) is 3.81. The van der Waals surface area contributed by atoms with Crippen LogP contribution in [-0.4, -0.2) is 49.6 Å². The molecule has 1 aromatic carbocycles. The van der Waals surface area contributed by atoms with Crippen molar-refractivity contribution in [3.05, 3.63) is 41.6 Å². The summed E-state index contributed by atoms with van der Waals surface area (Å²) in [4.78, 5) is 4.14. The number of aliphatic imine (C=N–C) groups is 1. The smallest absolute Gasteiger partial charge is 0.191 e. The number of anilines is 1. The molecule has 0 aliphatic rings. The van der Waals surface area contributed by atoms with Gasteiger partial charge in [0.2, 0.25) is 0 Å². The fourth-order valence-corrected chi connectivity index (χ4v) is 2.50. The Bertz CT molecular complexity index is 768. The first-order valence-corrected chi connectivity index (χ1v) is 8.47. The van der Waals surface area contributed by atoms with Crippen LogP contribution in [-0.2, 0) is 11.2 Å². The summed E-state index contributed by atoms with van der Waals surface area (Å²) in [5.41, 5.74) is 8.10. The number of hydrogen-bond donors (Lipinski definition) is 3. The van der Waals surface area contributed by atoms with Crippen molar-refractivity contribution in [3.63, 3.8) is 0 Å². The molecule has 2 rings (SSSR count). The molecule has 0 aliphatic carbocycles. The summed E-state index contributed by atoms with van der Waals surface area (Å²) >= 11 is 0. The third-order valence-electron chi connectivity index (χ3n) is 3.81. The molecule has 1 heterocycles. The highest BCUT2D eigenvalue weighted by molar-refractivity contribution is 14.0.